The standard InChI is InChI=1S/C22H20ClN3O5S/c23-17-8-4-5-9-18(17)32(29,30)16-12-19(31-21(28)25-22(14-24)10-11-22)26(13-16)20(27)15-6-2-1-3-7-15/h1-9,16,19H,10-13H2,(H,25,28)/t16-,19+/m1/s1. The lowest BCUT2D eigenvalue weighted by molar-refractivity contribution is 0.0135. The highest BCUT2D eigenvalue weighted by Crippen LogP contribution is 2.35. The molecule has 1 heterocycles. The van der Waals surface area contributed by atoms with Crippen molar-refractivity contribution >= 4 is 33.4 Å². The molecule has 2 amide bonds. The molecule has 1 saturated carbocycles. The van der Waals surface area contributed by atoms with E-state index in [0.717, 1.165) is 0 Å². The molecule has 1 N–H and O–H groups in total. The number of nitrogens with one attached hydrogen (secondary N) is 1. The topological polar surface area (TPSA) is 117 Å². The maximum atomic E-state index is 13.3. The van der Waals surface area contributed by atoms with Crippen LogP contribution < -0.4 is 5.32 Å². The molecule has 2 aromatic carbocycles. The van der Waals surface area contributed by atoms with Gasteiger partial charge in [0.05, 0.1) is 21.2 Å². The summed E-state index contributed by atoms with van der Waals surface area (Å²) < 4.78 is 32.0. The summed E-state index contributed by atoms with van der Waals surface area (Å²) in [6.07, 6.45) is -1.06. The van der Waals surface area contributed by atoms with E-state index in [9.17, 15) is 23.3 Å². The van der Waals surface area contributed by atoms with E-state index < -0.39 is 38.9 Å². The van der Waals surface area contributed by atoms with Gasteiger partial charge in [-0.05, 0) is 37.1 Å². The van der Waals surface area contributed by atoms with Crippen LogP contribution in [0.25, 0.3) is 0 Å². The minimum Gasteiger partial charge on any atom is -0.425 e. The summed E-state index contributed by atoms with van der Waals surface area (Å²) in [7, 11) is -3.90. The van der Waals surface area contributed by atoms with Crippen LogP contribution in [0.4, 0.5) is 4.79 Å². The Bertz CT molecular complexity index is 1190. The summed E-state index contributed by atoms with van der Waals surface area (Å²) in [6.45, 7) is -0.164. The molecule has 4 rings (SSSR count). The number of halogens is 1. The number of nitriles is 1. The molecule has 1 aliphatic carbocycles. The average molecular weight is 474 g/mol. The van der Waals surface area contributed by atoms with Crippen molar-refractivity contribution in [3.8, 4) is 6.07 Å². The van der Waals surface area contributed by atoms with Crippen LogP contribution in [0.15, 0.2) is 59.5 Å². The normalized spacial score (nSPS) is 21.4. The van der Waals surface area contributed by atoms with Crippen molar-refractivity contribution < 1.29 is 22.7 Å². The quantitative estimate of drug-likeness (QED) is 0.713. The van der Waals surface area contributed by atoms with E-state index in [2.05, 4.69) is 5.32 Å². The van der Waals surface area contributed by atoms with Crippen LogP contribution in [0.2, 0.25) is 5.02 Å². The molecule has 0 bridgehead atoms. The van der Waals surface area contributed by atoms with Gasteiger partial charge in [0.15, 0.2) is 16.1 Å². The van der Waals surface area contributed by atoms with Gasteiger partial charge in [-0.3, -0.25) is 4.79 Å². The molecular weight excluding hydrogens is 454 g/mol. The summed E-state index contributed by atoms with van der Waals surface area (Å²) in [6, 6.07) is 16.4. The number of benzene rings is 2. The number of hydrogen-bond donors (Lipinski definition) is 1. The van der Waals surface area contributed by atoms with Gasteiger partial charge in [-0.1, -0.05) is 41.9 Å². The second-order valence-corrected chi connectivity index (χ2v) is 10.4. The highest BCUT2D eigenvalue weighted by Gasteiger charge is 2.48. The molecule has 2 atom stereocenters. The van der Waals surface area contributed by atoms with Crippen LogP contribution in [0.1, 0.15) is 29.6 Å². The number of likely N-dealkylation sites (tertiary alicyclic amines) is 1. The Kier molecular flexibility index (Phi) is 5.84. The Morgan fingerprint density at radius 2 is 1.78 bits per heavy atom. The first-order chi connectivity index (χ1) is 15.3. The van der Waals surface area contributed by atoms with Gasteiger partial charge in [-0.2, -0.15) is 5.26 Å². The Balaban J connectivity index is 1.60. The molecule has 0 radical (unpaired) electrons. The first kappa shape index (κ1) is 22.1. The van der Waals surface area contributed by atoms with Gasteiger partial charge in [0.1, 0.15) is 5.54 Å². The van der Waals surface area contributed by atoms with Crippen LogP contribution >= 0.6 is 11.6 Å². The zero-order valence-corrected chi connectivity index (χ0v) is 18.5. The van der Waals surface area contributed by atoms with Crippen LogP contribution in [-0.2, 0) is 14.6 Å². The maximum absolute atomic E-state index is 13.3. The number of ether oxygens (including phenoxy) is 1. The molecule has 1 saturated heterocycles. The molecule has 32 heavy (non-hydrogen) atoms. The van der Waals surface area contributed by atoms with Crippen molar-refractivity contribution in [1.29, 1.82) is 5.26 Å². The van der Waals surface area contributed by atoms with Crippen LogP contribution in [0.3, 0.4) is 0 Å². The van der Waals surface area contributed by atoms with Crippen molar-refractivity contribution in [1.82, 2.24) is 10.2 Å². The van der Waals surface area contributed by atoms with E-state index in [1.807, 2.05) is 6.07 Å². The number of alkyl carbamates (subject to hydrolysis) is 1. The van der Waals surface area contributed by atoms with E-state index in [1.54, 1.807) is 42.5 Å². The third kappa shape index (κ3) is 4.29. The fourth-order valence-corrected chi connectivity index (χ4v) is 5.85. The molecule has 2 fully saturated rings. The minimum atomic E-state index is -3.90. The van der Waals surface area contributed by atoms with Gasteiger partial charge in [-0.25, -0.2) is 13.2 Å². The first-order valence-electron chi connectivity index (χ1n) is 10.0. The number of nitrogens with zero attached hydrogens (tertiary/aromatic N) is 2. The summed E-state index contributed by atoms with van der Waals surface area (Å²) in [5.74, 6) is -0.457. The number of hydrogen-bond acceptors (Lipinski definition) is 6. The maximum Gasteiger partial charge on any atom is 0.410 e. The van der Waals surface area contributed by atoms with Gasteiger partial charge < -0.3 is 15.0 Å². The second kappa shape index (κ2) is 8.45. The molecule has 2 aromatic rings. The molecule has 8 nitrogen and oxygen atoms in total. The van der Waals surface area contributed by atoms with Gasteiger partial charge >= 0.3 is 6.09 Å². The lowest BCUT2D eigenvalue weighted by atomic mass is 10.2. The highest BCUT2D eigenvalue weighted by atomic mass is 35.5. The fraction of sp³-hybridized carbons (Fsp3) is 0.318. The minimum absolute atomic E-state index is 0.0368. The van der Waals surface area contributed by atoms with Gasteiger partial charge in [0.2, 0.25) is 0 Å². The van der Waals surface area contributed by atoms with E-state index in [-0.39, 0.29) is 22.9 Å². The van der Waals surface area contributed by atoms with Crippen molar-refractivity contribution in [2.75, 3.05) is 6.54 Å². The molecule has 1 aliphatic heterocycles. The largest absolute Gasteiger partial charge is 0.425 e. The third-order valence-corrected chi connectivity index (χ3v) is 8.25. The molecule has 0 aromatic heterocycles. The van der Waals surface area contributed by atoms with Gasteiger partial charge in [0.25, 0.3) is 5.91 Å². The lowest BCUT2D eigenvalue weighted by Crippen LogP contribution is -2.43. The molecule has 10 heteroatoms. The molecule has 166 valence electrons. The summed E-state index contributed by atoms with van der Waals surface area (Å²) in [4.78, 5) is 26.7. The zero-order chi connectivity index (χ0) is 22.9. The number of carbonyl (C=O) groups excluding carboxylic acids is 2. The molecule has 0 unspecified atom stereocenters. The van der Waals surface area contributed by atoms with Crippen LogP contribution in [0.5, 0.6) is 0 Å². The van der Waals surface area contributed by atoms with E-state index in [4.69, 9.17) is 16.3 Å². The summed E-state index contributed by atoms with van der Waals surface area (Å²) in [5.41, 5.74) is -0.611. The number of carbonyl (C=O) groups is 2. The number of amides is 2. The van der Waals surface area contributed by atoms with Gasteiger partial charge in [-0.15, -0.1) is 0 Å². The van der Waals surface area contributed by atoms with Gasteiger partial charge in [0, 0.05) is 18.5 Å². The summed E-state index contributed by atoms with van der Waals surface area (Å²) >= 11 is 6.11. The Labute approximate surface area is 190 Å². The van der Waals surface area contributed by atoms with Crippen molar-refractivity contribution in [2.45, 2.75) is 41.2 Å². The molecule has 2 aliphatic rings. The Hall–Kier alpha value is -3.09. The monoisotopic (exact) mass is 473 g/mol. The number of rotatable bonds is 5. The molecule has 0 spiro atoms. The lowest BCUT2D eigenvalue weighted by Gasteiger charge is -2.25. The van der Waals surface area contributed by atoms with E-state index >= 15 is 0 Å². The van der Waals surface area contributed by atoms with E-state index in [1.165, 1.54) is 17.0 Å². The second-order valence-electron chi connectivity index (χ2n) is 7.84. The zero-order valence-electron chi connectivity index (χ0n) is 16.9. The Morgan fingerprint density at radius 3 is 2.41 bits per heavy atom. The van der Waals surface area contributed by atoms with Crippen LogP contribution in [0, 0.1) is 11.3 Å². The van der Waals surface area contributed by atoms with Crippen molar-refractivity contribution in [2.24, 2.45) is 0 Å². The SMILES string of the molecule is N#CC1(NC(=O)O[C@H]2C[C@@H](S(=O)(=O)c3ccccc3Cl)CN2C(=O)c2ccccc2)CC1. The average Bonchev–Trinajstić information content (AvgIpc) is 3.43. The number of sulfone groups is 1. The summed E-state index contributed by atoms with van der Waals surface area (Å²) in [5, 5.41) is 10.8. The van der Waals surface area contributed by atoms with Crippen molar-refractivity contribution in [3.63, 3.8) is 0 Å². The smallest absolute Gasteiger partial charge is 0.410 e. The van der Waals surface area contributed by atoms with E-state index in [0.29, 0.717) is 18.4 Å². The van der Waals surface area contributed by atoms with Crippen LogP contribution in [-0.4, -0.2) is 48.9 Å². The predicted octanol–water partition coefficient (Wildman–Crippen LogP) is 3.14. The van der Waals surface area contributed by atoms with Crippen molar-refractivity contribution in [3.05, 3.63) is 65.2 Å². The third-order valence-electron chi connectivity index (χ3n) is 5.62. The Morgan fingerprint density at radius 1 is 1.12 bits per heavy atom. The molecular formula is C22H20ClN3O5S. The first-order valence-corrected chi connectivity index (χ1v) is 11.9. The highest BCUT2D eigenvalue weighted by molar-refractivity contribution is 7.92. The predicted molar refractivity (Wildman–Crippen MR) is 116 cm³/mol. The fourth-order valence-electron chi connectivity index (χ4n) is 3.65.